The summed E-state index contributed by atoms with van der Waals surface area (Å²) in [6.07, 6.45) is 1.06. The molecule has 1 saturated heterocycles. The molecular weight excluding hydrogens is 316 g/mol. The minimum Gasteiger partial charge on any atom is -0.392 e. The molecule has 0 unspecified atom stereocenters. The molecule has 0 atom stereocenters. The van der Waals surface area contributed by atoms with E-state index in [1.165, 1.54) is 0 Å². The summed E-state index contributed by atoms with van der Waals surface area (Å²) in [5, 5.41) is 22.9. The van der Waals surface area contributed by atoms with E-state index in [2.05, 4.69) is 5.32 Å². The van der Waals surface area contributed by atoms with Crippen LogP contribution < -0.4 is 5.32 Å². The molecular formula is C20H24N2O3. The molecule has 25 heavy (non-hydrogen) atoms. The van der Waals surface area contributed by atoms with Gasteiger partial charge in [0.15, 0.2) is 0 Å². The summed E-state index contributed by atoms with van der Waals surface area (Å²) in [4.78, 5) is 14.1. The Balaban J connectivity index is 1.53. The molecule has 3 rings (SSSR count). The number of aliphatic hydroxyl groups is 2. The first-order valence-electron chi connectivity index (χ1n) is 8.60. The molecule has 0 spiro atoms. The number of nitrogens with one attached hydrogen (secondary N) is 1. The number of nitrogens with zero attached hydrogens (tertiary/aromatic N) is 1. The van der Waals surface area contributed by atoms with Crippen molar-refractivity contribution < 1.29 is 15.0 Å². The van der Waals surface area contributed by atoms with Gasteiger partial charge in [-0.3, -0.25) is 0 Å². The number of likely N-dealkylation sites (tertiary alicyclic amines) is 1. The largest absolute Gasteiger partial charge is 0.392 e. The van der Waals surface area contributed by atoms with Crippen LogP contribution in [0.4, 0.5) is 4.79 Å². The van der Waals surface area contributed by atoms with E-state index in [1.54, 1.807) is 4.90 Å². The molecule has 5 heteroatoms. The average Bonchev–Trinajstić information content (AvgIpc) is 2.67. The molecule has 1 aliphatic rings. The summed E-state index contributed by atoms with van der Waals surface area (Å²) in [5.74, 6) is 0. The van der Waals surface area contributed by atoms with E-state index in [0.717, 1.165) is 16.7 Å². The zero-order valence-corrected chi connectivity index (χ0v) is 14.2. The molecule has 2 amide bonds. The molecule has 1 fully saturated rings. The van der Waals surface area contributed by atoms with Crippen LogP contribution in [0.3, 0.4) is 0 Å². The lowest BCUT2D eigenvalue weighted by Gasteiger charge is -2.38. The monoisotopic (exact) mass is 340 g/mol. The van der Waals surface area contributed by atoms with Gasteiger partial charge in [0, 0.05) is 19.6 Å². The highest BCUT2D eigenvalue weighted by Crippen LogP contribution is 2.32. The van der Waals surface area contributed by atoms with Crippen LogP contribution in [0.1, 0.15) is 29.5 Å². The fraction of sp³-hybridized carbons (Fsp3) is 0.350. The number of aliphatic hydroxyl groups excluding tert-OH is 1. The predicted molar refractivity (Wildman–Crippen MR) is 95.7 cm³/mol. The Morgan fingerprint density at radius 2 is 1.72 bits per heavy atom. The first kappa shape index (κ1) is 17.5. The Bertz CT molecular complexity index is 710. The Morgan fingerprint density at radius 3 is 2.40 bits per heavy atom. The van der Waals surface area contributed by atoms with Crippen LogP contribution in [-0.2, 0) is 18.8 Å². The number of amides is 2. The van der Waals surface area contributed by atoms with Gasteiger partial charge in [0.05, 0.1) is 12.2 Å². The van der Waals surface area contributed by atoms with Crippen molar-refractivity contribution in [1.29, 1.82) is 0 Å². The van der Waals surface area contributed by atoms with Crippen LogP contribution >= 0.6 is 0 Å². The van der Waals surface area contributed by atoms with Gasteiger partial charge in [-0.2, -0.15) is 0 Å². The van der Waals surface area contributed by atoms with Crippen LogP contribution in [0.25, 0.3) is 0 Å². The maximum absolute atomic E-state index is 12.4. The highest BCUT2D eigenvalue weighted by atomic mass is 16.3. The van der Waals surface area contributed by atoms with Gasteiger partial charge in [0.2, 0.25) is 0 Å². The fourth-order valence-electron chi connectivity index (χ4n) is 3.24. The third-order valence-corrected chi connectivity index (χ3v) is 4.81. The summed E-state index contributed by atoms with van der Waals surface area (Å²) in [7, 11) is 0. The van der Waals surface area contributed by atoms with Crippen molar-refractivity contribution in [3.63, 3.8) is 0 Å². The van der Waals surface area contributed by atoms with E-state index in [0.29, 0.717) is 32.5 Å². The first-order chi connectivity index (χ1) is 12.1. The van der Waals surface area contributed by atoms with Gasteiger partial charge in [-0.15, -0.1) is 0 Å². The SMILES string of the molecule is O=C(NCc1cccc(CO)c1)N1CCC(O)(c2ccccc2)CC1. The lowest BCUT2D eigenvalue weighted by Crippen LogP contribution is -2.48. The van der Waals surface area contributed by atoms with Crippen molar-refractivity contribution >= 4 is 6.03 Å². The summed E-state index contributed by atoms with van der Waals surface area (Å²) in [6, 6.07) is 17.0. The number of hydrogen-bond donors (Lipinski definition) is 3. The number of carbonyl (C=O) groups is 1. The lowest BCUT2D eigenvalue weighted by atomic mass is 9.84. The minimum absolute atomic E-state index is 0.00796. The van der Waals surface area contributed by atoms with Gasteiger partial charge in [0.25, 0.3) is 0 Å². The van der Waals surface area contributed by atoms with Gasteiger partial charge >= 0.3 is 6.03 Å². The number of piperidine rings is 1. The van der Waals surface area contributed by atoms with Crippen molar-refractivity contribution in [3.05, 3.63) is 71.3 Å². The molecule has 2 aromatic carbocycles. The molecule has 3 N–H and O–H groups in total. The molecule has 0 saturated carbocycles. The minimum atomic E-state index is -0.854. The van der Waals surface area contributed by atoms with E-state index < -0.39 is 5.60 Å². The fourth-order valence-corrected chi connectivity index (χ4v) is 3.24. The van der Waals surface area contributed by atoms with Crippen LogP contribution in [0.15, 0.2) is 54.6 Å². The molecule has 1 aliphatic heterocycles. The standard InChI is InChI=1S/C20H24N2O3/c23-15-17-6-4-5-16(13-17)14-21-19(24)22-11-9-20(25,10-12-22)18-7-2-1-3-8-18/h1-8,13,23,25H,9-12,14-15H2,(H,21,24). The number of hydrogen-bond acceptors (Lipinski definition) is 3. The Morgan fingerprint density at radius 1 is 1.04 bits per heavy atom. The van der Waals surface area contributed by atoms with E-state index in [1.807, 2.05) is 54.6 Å². The third-order valence-electron chi connectivity index (χ3n) is 4.81. The lowest BCUT2D eigenvalue weighted by molar-refractivity contribution is -0.0168. The predicted octanol–water partition coefficient (Wildman–Crippen LogP) is 2.37. The summed E-state index contributed by atoms with van der Waals surface area (Å²) in [6.45, 7) is 1.46. The highest BCUT2D eigenvalue weighted by molar-refractivity contribution is 5.74. The zero-order valence-electron chi connectivity index (χ0n) is 14.2. The summed E-state index contributed by atoms with van der Waals surface area (Å²) >= 11 is 0. The van der Waals surface area contributed by atoms with Gasteiger partial charge in [-0.1, -0.05) is 54.6 Å². The van der Waals surface area contributed by atoms with Gasteiger partial charge in [-0.25, -0.2) is 4.79 Å². The van der Waals surface area contributed by atoms with Crippen LogP contribution in [0.2, 0.25) is 0 Å². The number of rotatable bonds is 4. The van der Waals surface area contributed by atoms with Crippen molar-refractivity contribution in [2.45, 2.75) is 31.6 Å². The molecule has 0 bridgehead atoms. The molecule has 2 aromatic rings. The van der Waals surface area contributed by atoms with Gasteiger partial charge in [-0.05, 0) is 29.5 Å². The second kappa shape index (κ2) is 7.68. The highest BCUT2D eigenvalue weighted by Gasteiger charge is 2.35. The first-order valence-corrected chi connectivity index (χ1v) is 8.60. The second-order valence-electron chi connectivity index (χ2n) is 6.52. The van der Waals surface area contributed by atoms with E-state index in [4.69, 9.17) is 5.11 Å². The zero-order chi connectivity index (χ0) is 17.7. The summed E-state index contributed by atoms with van der Waals surface area (Å²) in [5.41, 5.74) is 1.85. The van der Waals surface area contributed by atoms with E-state index >= 15 is 0 Å². The van der Waals surface area contributed by atoms with Crippen molar-refractivity contribution in [1.82, 2.24) is 10.2 Å². The quantitative estimate of drug-likeness (QED) is 0.800. The molecule has 5 nitrogen and oxygen atoms in total. The Hall–Kier alpha value is -2.37. The second-order valence-corrected chi connectivity index (χ2v) is 6.52. The Labute approximate surface area is 147 Å². The topological polar surface area (TPSA) is 72.8 Å². The molecule has 0 radical (unpaired) electrons. The van der Waals surface area contributed by atoms with Crippen LogP contribution in [0.5, 0.6) is 0 Å². The van der Waals surface area contributed by atoms with E-state index in [-0.39, 0.29) is 12.6 Å². The number of urea groups is 1. The third kappa shape index (κ3) is 4.18. The maximum Gasteiger partial charge on any atom is 0.317 e. The van der Waals surface area contributed by atoms with Gasteiger partial charge in [0.1, 0.15) is 0 Å². The maximum atomic E-state index is 12.4. The smallest absolute Gasteiger partial charge is 0.317 e. The average molecular weight is 340 g/mol. The molecule has 0 aromatic heterocycles. The number of carbonyl (C=O) groups excluding carboxylic acids is 1. The molecule has 132 valence electrons. The normalized spacial score (nSPS) is 16.5. The van der Waals surface area contributed by atoms with E-state index in [9.17, 15) is 9.90 Å². The number of benzene rings is 2. The van der Waals surface area contributed by atoms with Crippen molar-refractivity contribution in [2.75, 3.05) is 13.1 Å². The molecule has 1 heterocycles. The molecule has 0 aliphatic carbocycles. The summed E-state index contributed by atoms with van der Waals surface area (Å²) < 4.78 is 0. The Kier molecular flexibility index (Phi) is 5.36. The van der Waals surface area contributed by atoms with Crippen molar-refractivity contribution in [2.24, 2.45) is 0 Å². The van der Waals surface area contributed by atoms with Crippen LogP contribution in [0, 0.1) is 0 Å². The van der Waals surface area contributed by atoms with Crippen molar-refractivity contribution in [3.8, 4) is 0 Å². The van der Waals surface area contributed by atoms with Crippen LogP contribution in [-0.4, -0.2) is 34.2 Å². The van der Waals surface area contributed by atoms with Gasteiger partial charge < -0.3 is 20.4 Å².